The molecule has 0 aliphatic carbocycles. The number of hydrogen-bond donors (Lipinski definition) is 0. The van der Waals surface area contributed by atoms with Crippen LogP contribution in [0.1, 0.15) is 13.8 Å². The molecule has 0 aromatic heterocycles. The summed E-state index contributed by atoms with van der Waals surface area (Å²) in [6.07, 6.45) is 0. The zero-order chi connectivity index (χ0) is 13.2. The van der Waals surface area contributed by atoms with E-state index in [1.165, 1.54) is 11.1 Å². The number of rotatable bonds is 3. The molecule has 0 saturated carbocycles. The summed E-state index contributed by atoms with van der Waals surface area (Å²) in [5, 5.41) is 0. The van der Waals surface area contributed by atoms with Gasteiger partial charge in [0.05, 0.1) is 0 Å². The monoisotopic (exact) mass is 306 g/mol. The van der Waals surface area contributed by atoms with Crippen molar-refractivity contribution in [3.05, 3.63) is 59.1 Å². The van der Waals surface area contributed by atoms with Crippen LogP contribution < -0.4 is 0 Å². The van der Waals surface area contributed by atoms with Crippen molar-refractivity contribution in [1.29, 1.82) is 0 Å². The van der Waals surface area contributed by atoms with E-state index in [1.54, 1.807) is 0 Å². The van der Waals surface area contributed by atoms with Crippen molar-refractivity contribution in [3.8, 4) is 11.1 Å². The van der Waals surface area contributed by atoms with Crippen LogP contribution in [0.15, 0.2) is 59.1 Å². The van der Waals surface area contributed by atoms with E-state index in [9.17, 15) is 0 Å². The van der Waals surface area contributed by atoms with E-state index < -0.39 is 0 Å². The van der Waals surface area contributed by atoms with E-state index in [0.717, 1.165) is 17.7 Å². The maximum absolute atomic E-state index is 4.83. The van der Waals surface area contributed by atoms with Gasteiger partial charge in [-0.3, -0.25) is 0 Å². The molecule has 0 unspecified atom stereocenters. The molecule has 0 aliphatic heterocycles. The third-order valence-electron chi connectivity index (χ3n) is 2.36. The second kappa shape index (κ2) is 8.90. The van der Waals surface area contributed by atoms with Crippen LogP contribution in [-0.2, 0) is 4.74 Å². The minimum absolute atomic E-state index is 0.844. The van der Waals surface area contributed by atoms with Crippen LogP contribution in [0.2, 0.25) is 0 Å². The standard InChI is InChI=1S/C12H9Br.C4H10O/c13-12-8-6-11(7-9-12)10-4-2-1-3-5-10;1-3-5-4-2/h1-9H;3-4H2,1-2H3. The highest BCUT2D eigenvalue weighted by Gasteiger charge is 1.94. The van der Waals surface area contributed by atoms with Gasteiger partial charge in [0.1, 0.15) is 0 Å². The summed E-state index contributed by atoms with van der Waals surface area (Å²) >= 11 is 3.42. The summed E-state index contributed by atoms with van der Waals surface area (Å²) in [5.41, 5.74) is 2.51. The van der Waals surface area contributed by atoms with Crippen LogP contribution in [0.3, 0.4) is 0 Å². The van der Waals surface area contributed by atoms with Gasteiger partial charge in [0.15, 0.2) is 0 Å². The highest BCUT2D eigenvalue weighted by molar-refractivity contribution is 9.10. The molecule has 0 bridgehead atoms. The fraction of sp³-hybridized carbons (Fsp3) is 0.250. The summed E-state index contributed by atoms with van der Waals surface area (Å²) < 4.78 is 5.95. The highest BCUT2D eigenvalue weighted by atomic mass is 79.9. The van der Waals surface area contributed by atoms with Gasteiger partial charge >= 0.3 is 0 Å². The zero-order valence-electron chi connectivity index (χ0n) is 10.9. The summed E-state index contributed by atoms with van der Waals surface area (Å²) in [4.78, 5) is 0. The normalized spacial score (nSPS) is 9.50. The van der Waals surface area contributed by atoms with Crippen molar-refractivity contribution in [2.24, 2.45) is 0 Å². The Balaban J connectivity index is 0.000000280. The molecule has 18 heavy (non-hydrogen) atoms. The average Bonchev–Trinajstić information content (AvgIpc) is 2.42. The van der Waals surface area contributed by atoms with Crippen LogP contribution in [0, 0.1) is 0 Å². The largest absolute Gasteiger partial charge is 0.382 e. The second-order valence-corrected chi connectivity index (χ2v) is 4.57. The van der Waals surface area contributed by atoms with E-state index in [1.807, 2.05) is 19.9 Å². The van der Waals surface area contributed by atoms with Crippen molar-refractivity contribution >= 4 is 15.9 Å². The van der Waals surface area contributed by atoms with Gasteiger partial charge in [-0.05, 0) is 37.1 Å². The molecule has 2 aromatic rings. The van der Waals surface area contributed by atoms with Gasteiger partial charge < -0.3 is 4.74 Å². The van der Waals surface area contributed by atoms with Gasteiger partial charge in [-0.1, -0.05) is 58.4 Å². The van der Waals surface area contributed by atoms with Crippen LogP contribution in [-0.4, -0.2) is 13.2 Å². The van der Waals surface area contributed by atoms with Gasteiger partial charge in [0.2, 0.25) is 0 Å². The molecule has 0 amide bonds. The molecule has 0 fully saturated rings. The molecular weight excluding hydrogens is 288 g/mol. The molecule has 0 atom stereocenters. The molecule has 2 rings (SSSR count). The van der Waals surface area contributed by atoms with Gasteiger partial charge in [0, 0.05) is 17.7 Å². The Labute approximate surface area is 118 Å². The number of benzene rings is 2. The molecule has 96 valence electrons. The minimum Gasteiger partial charge on any atom is -0.382 e. The van der Waals surface area contributed by atoms with E-state index in [0.29, 0.717) is 0 Å². The van der Waals surface area contributed by atoms with Crippen LogP contribution in [0.4, 0.5) is 0 Å². The Bertz CT molecular complexity index is 421. The van der Waals surface area contributed by atoms with E-state index in [2.05, 4.69) is 64.5 Å². The molecule has 0 N–H and O–H groups in total. The second-order valence-electron chi connectivity index (χ2n) is 3.65. The lowest BCUT2D eigenvalue weighted by Crippen LogP contribution is -1.84. The van der Waals surface area contributed by atoms with E-state index in [4.69, 9.17) is 4.74 Å². The first-order valence-electron chi connectivity index (χ1n) is 6.16. The van der Waals surface area contributed by atoms with Gasteiger partial charge in [0.25, 0.3) is 0 Å². The molecule has 0 heterocycles. The predicted molar refractivity (Wildman–Crippen MR) is 81.7 cm³/mol. The molecular formula is C16H19BrO. The van der Waals surface area contributed by atoms with Crippen LogP contribution in [0.5, 0.6) is 0 Å². The fourth-order valence-electron chi connectivity index (χ4n) is 1.48. The summed E-state index contributed by atoms with van der Waals surface area (Å²) in [6, 6.07) is 18.7. The quantitative estimate of drug-likeness (QED) is 0.761. The third kappa shape index (κ3) is 5.48. The topological polar surface area (TPSA) is 9.23 Å². The van der Waals surface area contributed by atoms with Crippen molar-refractivity contribution in [2.45, 2.75) is 13.8 Å². The predicted octanol–water partition coefficient (Wildman–Crippen LogP) is 5.16. The molecule has 2 heteroatoms. The first kappa shape index (κ1) is 14.9. The number of ether oxygens (including phenoxy) is 1. The zero-order valence-corrected chi connectivity index (χ0v) is 12.5. The lowest BCUT2D eigenvalue weighted by atomic mass is 10.1. The lowest BCUT2D eigenvalue weighted by Gasteiger charge is -2.00. The van der Waals surface area contributed by atoms with Gasteiger partial charge in [-0.15, -0.1) is 0 Å². The summed E-state index contributed by atoms with van der Waals surface area (Å²) in [5.74, 6) is 0. The molecule has 2 aromatic carbocycles. The molecule has 1 nitrogen and oxygen atoms in total. The summed E-state index contributed by atoms with van der Waals surface area (Å²) in [6.45, 7) is 5.67. The van der Waals surface area contributed by atoms with Crippen molar-refractivity contribution in [1.82, 2.24) is 0 Å². The Morgan fingerprint density at radius 1 is 0.778 bits per heavy atom. The van der Waals surface area contributed by atoms with Gasteiger partial charge in [-0.2, -0.15) is 0 Å². The smallest absolute Gasteiger partial charge is 0.0437 e. The SMILES string of the molecule is Brc1ccc(-c2ccccc2)cc1.CCOCC. The third-order valence-corrected chi connectivity index (χ3v) is 2.89. The number of halogens is 1. The van der Waals surface area contributed by atoms with E-state index in [-0.39, 0.29) is 0 Å². The molecule has 0 spiro atoms. The average molecular weight is 307 g/mol. The summed E-state index contributed by atoms with van der Waals surface area (Å²) in [7, 11) is 0. The molecule has 0 aliphatic rings. The number of hydrogen-bond acceptors (Lipinski definition) is 1. The Hall–Kier alpha value is -1.12. The van der Waals surface area contributed by atoms with Crippen LogP contribution >= 0.6 is 15.9 Å². The first-order chi connectivity index (χ1) is 8.77. The Morgan fingerprint density at radius 2 is 1.28 bits per heavy atom. The van der Waals surface area contributed by atoms with Gasteiger partial charge in [-0.25, -0.2) is 0 Å². The minimum atomic E-state index is 0.844. The Kier molecular flexibility index (Phi) is 7.38. The molecule has 0 radical (unpaired) electrons. The highest BCUT2D eigenvalue weighted by Crippen LogP contribution is 2.20. The van der Waals surface area contributed by atoms with Crippen molar-refractivity contribution < 1.29 is 4.74 Å². The van der Waals surface area contributed by atoms with Crippen molar-refractivity contribution in [2.75, 3.05) is 13.2 Å². The maximum Gasteiger partial charge on any atom is 0.0437 e. The van der Waals surface area contributed by atoms with Crippen LogP contribution in [0.25, 0.3) is 11.1 Å². The Morgan fingerprint density at radius 3 is 1.72 bits per heavy atom. The molecule has 0 saturated heterocycles. The first-order valence-corrected chi connectivity index (χ1v) is 6.96. The maximum atomic E-state index is 4.83. The van der Waals surface area contributed by atoms with E-state index >= 15 is 0 Å². The fourth-order valence-corrected chi connectivity index (χ4v) is 1.74. The lowest BCUT2D eigenvalue weighted by molar-refractivity contribution is 0.162. The van der Waals surface area contributed by atoms with Crippen molar-refractivity contribution in [3.63, 3.8) is 0 Å².